The molecule has 1 aliphatic rings. The highest BCUT2D eigenvalue weighted by Gasteiger charge is 2.60. The van der Waals surface area contributed by atoms with Crippen molar-refractivity contribution in [1.29, 1.82) is 0 Å². The molecule has 0 aromatic carbocycles. The molecular formula is C23H45NO3. The van der Waals surface area contributed by atoms with E-state index in [0.29, 0.717) is 12.3 Å². The molecule has 160 valence electrons. The molecule has 4 N–H and O–H groups in total. The molecule has 0 heterocycles. The zero-order valence-corrected chi connectivity index (χ0v) is 19.2. The molecule has 1 fully saturated rings. The number of ether oxygens (including phenoxy) is 1. The molecule has 3 unspecified atom stereocenters. The summed E-state index contributed by atoms with van der Waals surface area (Å²) in [5.74, 6) is 0.680. The molecule has 4 nitrogen and oxygen atoms in total. The van der Waals surface area contributed by atoms with Crippen molar-refractivity contribution in [3.63, 3.8) is 0 Å². The highest BCUT2D eigenvalue weighted by molar-refractivity contribution is 5.35. The van der Waals surface area contributed by atoms with Crippen molar-refractivity contribution >= 4 is 0 Å². The molecular weight excluding hydrogens is 338 g/mol. The number of nitrogens with two attached hydrogens (primary N) is 1. The quantitative estimate of drug-likeness (QED) is 0.453. The van der Waals surface area contributed by atoms with E-state index in [-0.39, 0.29) is 11.8 Å². The molecule has 0 spiro atoms. The van der Waals surface area contributed by atoms with Crippen LogP contribution in [0.4, 0.5) is 0 Å². The Labute approximate surface area is 168 Å². The molecule has 0 aliphatic heterocycles. The van der Waals surface area contributed by atoms with Crippen LogP contribution < -0.4 is 5.73 Å². The normalized spacial score (nSPS) is 25.8. The minimum Gasteiger partial charge on any atom is -0.497 e. The Morgan fingerprint density at radius 3 is 1.89 bits per heavy atom. The third-order valence-electron chi connectivity index (χ3n) is 5.31. The highest BCUT2D eigenvalue weighted by Crippen LogP contribution is 2.58. The summed E-state index contributed by atoms with van der Waals surface area (Å²) in [6.07, 6.45) is 4.19. The second kappa shape index (κ2) is 14.7. The van der Waals surface area contributed by atoms with E-state index >= 15 is 0 Å². The van der Waals surface area contributed by atoms with E-state index < -0.39 is 11.0 Å². The van der Waals surface area contributed by atoms with Gasteiger partial charge >= 0.3 is 0 Å². The van der Waals surface area contributed by atoms with Gasteiger partial charge in [-0.25, -0.2) is 0 Å². The summed E-state index contributed by atoms with van der Waals surface area (Å²) >= 11 is 0. The summed E-state index contributed by atoms with van der Waals surface area (Å²) in [5.41, 5.74) is 6.20. The maximum atomic E-state index is 11.6. The van der Waals surface area contributed by atoms with Crippen LogP contribution in [0.2, 0.25) is 0 Å². The van der Waals surface area contributed by atoms with E-state index in [0.717, 1.165) is 24.7 Å². The fraction of sp³-hybridized carbons (Fsp3) is 0.652. The molecule has 0 aromatic heterocycles. The lowest BCUT2D eigenvalue weighted by Crippen LogP contribution is -2.50. The number of hydrogen-bond acceptors (Lipinski definition) is 4. The fourth-order valence-corrected chi connectivity index (χ4v) is 3.93. The van der Waals surface area contributed by atoms with Crippen LogP contribution in [0.1, 0.15) is 54.9 Å². The van der Waals surface area contributed by atoms with Gasteiger partial charge in [-0.05, 0) is 31.9 Å². The van der Waals surface area contributed by atoms with Gasteiger partial charge in [0, 0.05) is 24.0 Å². The Morgan fingerprint density at radius 1 is 1.15 bits per heavy atom. The average Bonchev–Trinajstić information content (AvgIpc) is 2.93. The number of rotatable bonds is 6. The van der Waals surface area contributed by atoms with Gasteiger partial charge in [0.1, 0.15) is 5.76 Å². The number of aliphatic hydroxyl groups excluding tert-OH is 1. The number of aliphatic hydroxyl groups is 2. The summed E-state index contributed by atoms with van der Waals surface area (Å²) in [6.45, 7) is 26.1. The van der Waals surface area contributed by atoms with Crippen LogP contribution in [-0.2, 0) is 4.74 Å². The van der Waals surface area contributed by atoms with Crippen LogP contribution in [0, 0.1) is 17.3 Å². The molecule has 0 amide bonds. The maximum absolute atomic E-state index is 11.6. The van der Waals surface area contributed by atoms with Gasteiger partial charge < -0.3 is 20.7 Å². The Morgan fingerprint density at radius 2 is 1.59 bits per heavy atom. The monoisotopic (exact) mass is 383 g/mol. The van der Waals surface area contributed by atoms with Gasteiger partial charge in [0.05, 0.1) is 12.7 Å². The molecule has 0 radical (unpaired) electrons. The summed E-state index contributed by atoms with van der Waals surface area (Å²) in [6, 6.07) is 0. The van der Waals surface area contributed by atoms with Gasteiger partial charge in [0.2, 0.25) is 0 Å². The predicted molar refractivity (Wildman–Crippen MR) is 119 cm³/mol. The molecule has 0 saturated heterocycles. The Balaban J connectivity index is -0.000000869. The minimum atomic E-state index is -1.06. The van der Waals surface area contributed by atoms with Crippen molar-refractivity contribution in [2.75, 3.05) is 20.8 Å². The molecule has 1 saturated carbocycles. The first kappa shape index (κ1) is 30.4. The van der Waals surface area contributed by atoms with Gasteiger partial charge in [-0.15, -0.1) is 0 Å². The van der Waals surface area contributed by atoms with E-state index in [2.05, 4.69) is 33.6 Å². The van der Waals surface area contributed by atoms with Crippen molar-refractivity contribution in [3.8, 4) is 0 Å². The molecule has 0 aromatic rings. The molecule has 3 atom stereocenters. The molecule has 0 bridgehead atoms. The second-order valence-electron chi connectivity index (χ2n) is 6.39. The van der Waals surface area contributed by atoms with Crippen molar-refractivity contribution in [3.05, 3.63) is 48.8 Å². The van der Waals surface area contributed by atoms with E-state index in [1.165, 1.54) is 0 Å². The van der Waals surface area contributed by atoms with Crippen LogP contribution >= 0.6 is 0 Å². The molecule has 27 heavy (non-hydrogen) atoms. The van der Waals surface area contributed by atoms with Crippen molar-refractivity contribution in [1.82, 2.24) is 0 Å². The van der Waals surface area contributed by atoms with Crippen LogP contribution in [0.5, 0.6) is 0 Å². The summed E-state index contributed by atoms with van der Waals surface area (Å²) in [7, 11) is 2.59. The number of methoxy groups -OCH3 is 1. The lowest BCUT2D eigenvalue weighted by Gasteiger charge is -2.44. The summed E-state index contributed by atoms with van der Waals surface area (Å²) in [4.78, 5) is 0. The Hall–Kier alpha value is -1.36. The summed E-state index contributed by atoms with van der Waals surface area (Å²) < 4.78 is 5.37. The Bertz CT molecular complexity index is 480. The zero-order valence-electron chi connectivity index (χ0n) is 19.2. The van der Waals surface area contributed by atoms with E-state index in [9.17, 15) is 5.11 Å². The van der Waals surface area contributed by atoms with Crippen molar-refractivity contribution < 1.29 is 14.9 Å². The van der Waals surface area contributed by atoms with Gasteiger partial charge in [-0.2, -0.15) is 0 Å². The van der Waals surface area contributed by atoms with E-state index in [4.69, 9.17) is 15.6 Å². The van der Waals surface area contributed by atoms with Crippen LogP contribution in [-0.4, -0.2) is 36.6 Å². The molecule has 1 rings (SSSR count). The number of allylic oxidation sites excluding steroid dienone is 3. The first-order valence-electron chi connectivity index (χ1n) is 9.78. The van der Waals surface area contributed by atoms with Crippen molar-refractivity contribution in [2.45, 2.75) is 60.5 Å². The third kappa shape index (κ3) is 6.06. The first-order valence-corrected chi connectivity index (χ1v) is 9.78. The minimum absolute atomic E-state index is 0.0562. The fourth-order valence-electron chi connectivity index (χ4n) is 3.93. The highest BCUT2D eigenvalue weighted by atomic mass is 16.5. The SMILES string of the molecule is C=CC(=C)C1CC(CN)C(O)(/C(C)=C(/C=C)OC)C1(C)C.CC.CC.CO. The maximum Gasteiger partial charge on any atom is 0.120 e. The standard InChI is InChI=1S/C18H29NO2.2C2H6.CH4O/c1-8-12(3)15-10-14(11-19)18(20,17(15,5)6)13(4)16(9-2)21-7;3*1-2/h8-9,14-15,20H,1-3,10-11,19H2,4-7H3;2*1-2H3;2H,1H3/b16-13-;;;. The largest absolute Gasteiger partial charge is 0.497 e. The topological polar surface area (TPSA) is 75.7 Å². The lowest BCUT2D eigenvalue weighted by molar-refractivity contribution is -0.0510. The smallest absolute Gasteiger partial charge is 0.120 e. The van der Waals surface area contributed by atoms with Gasteiger partial charge in [-0.1, -0.05) is 72.9 Å². The molecule has 4 heteroatoms. The third-order valence-corrected chi connectivity index (χ3v) is 5.31. The van der Waals surface area contributed by atoms with E-state index in [1.54, 1.807) is 19.3 Å². The lowest BCUT2D eigenvalue weighted by atomic mass is 9.65. The van der Waals surface area contributed by atoms with Crippen molar-refractivity contribution in [2.24, 2.45) is 23.0 Å². The van der Waals surface area contributed by atoms with E-state index in [1.807, 2.05) is 34.6 Å². The van der Waals surface area contributed by atoms with Gasteiger partial charge in [0.15, 0.2) is 0 Å². The first-order chi connectivity index (χ1) is 12.7. The average molecular weight is 384 g/mol. The summed E-state index contributed by atoms with van der Waals surface area (Å²) in [5, 5.41) is 18.6. The van der Waals surface area contributed by atoms with Gasteiger partial charge in [0.25, 0.3) is 0 Å². The Kier molecular flexibility index (Phi) is 16.5. The van der Waals surface area contributed by atoms with Crippen LogP contribution in [0.25, 0.3) is 0 Å². The second-order valence-corrected chi connectivity index (χ2v) is 6.39. The molecule has 1 aliphatic carbocycles. The van der Waals surface area contributed by atoms with Crippen LogP contribution in [0.3, 0.4) is 0 Å². The zero-order chi connectivity index (χ0) is 22.4. The van der Waals surface area contributed by atoms with Gasteiger partial charge in [-0.3, -0.25) is 0 Å². The van der Waals surface area contributed by atoms with Crippen LogP contribution in [0.15, 0.2) is 48.8 Å². The predicted octanol–water partition coefficient (Wildman–Crippen LogP) is 4.85. The number of hydrogen-bond donors (Lipinski definition) is 3.